The van der Waals surface area contributed by atoms with Gasteiger partial charge in [-0.1, -0.05) is 24.3 Å². The zero-order valence-electron chi connectivity index (χ0n) is 20.7. The van der Waals surface area contributed by atoms with Gasteiger partial charge in [0.25, 0.3) is 0 Å². The normalized spacial score (nSPS) is 17.7. The number of esters is 1. The highest BCUT2D eigenvalue weighted by atomic mass is 32.1. The number of hydrogen-bond acceptors (Lipinski definition) is 6. The Morgan fingerprint density at radius 2 is 1.92 bits per heavy atom. The fourth-order valence-electron chi connectivity index (χ4n) is 3.84. The monoisotopic (exact) mass is 561 g/mol. The first-order chi connectivity index (χ1) is 17.8. The van der Waals surface area contributed by atoms with E-state index in [0.29, 0.717) is 29.9 Å². The van der Waals surface area contributed by atoms with Gasteiger partial charge in [-0.2, -0.15) is 22.0 Å². The van der Waals surface area contributed by atoms with Crippen LogP contribution in [0, 0.1) is 0 Å². The molecule has 208 valence electrons. The predicted octanol–water partition coefficient (Wildman–Crippen LogP) is 6.18. The van der Waals surface area contributed by atoms with E-state index in [-0.39, 0.29) is 25.7 Å². The Morgan fingerprint density at radius 1 is 1.21 bits per heavy atom. The van der Waals surface area contributed by atoms with Crippen molar-refractivity contribution in [2.24, 2.45) is 0 Å². The summed E-state index contributed by atoms with van der Waals surface area (Å²) in [4.78, 5) is 27.0. The summed E-state index contributed by atoms with van der Waals surface area (Å²) >= 11 is 1.28. The molecule has 1 saturated heterocycles. The van der Waals surface area contributed by atoms with Gasteiger partial charge in [0.05, 0.1) is 24.3 Å². The first-order valence-electron chi connectivity index (χ1n) is 11.9. The number of rotatable bonds is 10. The van der Waals surface area contributed by atoms with E-state index >= 15 is 0 Å². The highest BCUT2D eigenvalue weighted by Crippen LogP contribution is 2.37. The minimum atomic E-state index is -4.81. The number of carbonyl (C=O) groups excluding carboxylic acids is 2. The van der Waals surface area contributed by atoms with Crippen LogP contribution in [0.1, 0.15) is 52.4 Å². The van der Waals surface area contributed by atoms with Gasteiger partial charge < -0.3 is 19.5 Å². The van der Waals surface area contributed by atoms with Gasteiger partial charge in [0.15, 0.2) is 0 Å². The molecule has 12 heteroatoms. The lowest BCUT2D eigenvalue weighted by Crippen LogP contribution is -2.45. The van der Waals surface area contributed by atoms with Gasteiger partial charge in [-0.3, -0.25) is 0 Å². The summed E-state index contributed by atoms with van der Waals surface area (Å²) in [7, 11) is 0. The fourth-order valence-corrected chi connectivity index (χ4v) is 4.78. The highest BCUT2D eigenvalue weighted by Gasteiger charge is 2.41. The second-order valence-electron chi connectivity index (χ2n) is 9.02. The molecular formula is C26H28F5NO5S. The Labute approximate surface area is 220 Å². The maximum absolute atomic E-state index is 14.8. The first kappa shape index (κ1) is 29.6. The molecule has 1 fully saturated rings. The van der Waals surface area contributed by atoms with E-state index in [1.165, 1.54) is 22.3 Å². The van der Waals surface area contributed by atoms with Crippen LogP contribution in [-0.2, 0) is 28.0 Å². The smallest absolute Gasteiger partial charge is 0.416 e. The molecule has 0 aliphatic carbocycles. The zero-order valence-corrected chi connectivity index (χ0v) is 21.5. The third kappa shape index (κ3) is 7.53. The molecule has 2 aromatic rings. The summed E-state index contributed by atoms with van der Waals surface area (Å²) in [5, 5.41) is 10.1. The van der Waals surface area contributed by atoms with Crippen molar-refractivity contribution in [3.8, 4) is 0 Å². The SMILES string of the molecule is CC(C)OC(=O)c1ccc(CCCN2C(=O)OCC[C@@H]2C=C[C@@H](O)C(F)(F)c2cccc(C(F)(F)F)c2)s1. The topological polar surface area (TPSA) is 76.1 Å². The zero-order chi connectivity index (χ0) is 28.1. The van der Waals surface area contributed by atoms with Crippen molar-refractivity contribution in [2.75, 3.05) is 13.2 Å². The Morgan fingerprint density at radius 3 is 2.61 bits per heavy atom. The molecule has 1 aromatic heterocycles. The van der Waals surface area contributed by atoms with Crippen molar-refractivity contribution in [2.45, 2.75) is 63.5 Å². The number of alkyl halides is 5. The number of nitrogens with zero attached hydrogens (tertiary/aromatic N) is 1. The van der Waals surface area contributed by atoms with Gasteiger partial charge in [0.1, 0.15) is 11.0 Å². The lowest BCUT2D eigenvalue weighted by molar-refractivity contribution is -0.138. The van der Waals surface area contributed by atoms with Crippen molar-refractivity contribution in [1.82, 2.24) is 4.90 Å². The summed E-state index contributed by atoms with van der Waals surface area (Å²) < 4.78 is 78.5. The molecule has 6 nitrogen and oxygen atoms in total. The molecule has 1 amide bonds. The number of hydrogen-bond donors (Lipinski definition) is 1. The average molecular weight is 562 g/mol. The van der Waals surface area contributed by atoms with Crippen molar-refractivity contribution in [3.63, 3.8) is 0 Å². The van der Waals surface area contributed by atoms with Crippen LogP contribution in [0.25, 0.3) is 0 Å². The lowest BCUT2D eigenvalue weighted by atomic mass is 9.99. The van der Waals surface area contributed by atoms with Gasteiger partial charge in [0, 0.05) is 23.4 Å². The largest absolute Gasteiger partial charge is 0.459 e. The van der Waals surface area contributed by atoms with Crippen molar-refractivity contribution in [1.29, 1.82) is 0 Å². The van der Waals surface area contributed by atoms with E-state index < -0.39 is 47.4 Å². The molecule has 38 heavy (non-hydrogen) atoms. The number of amides is 1. The highest BCUT2D eigenvalue weighted by molar-refractivity contribution is 7.13. The van der Waals surface area contributed by atoms with Crippen molar-refractivity contribution in [3.05, 3.63) is 69.4 Å². The van der Waals surface area contributed by atoms with Crippen LogP contribution < -0.4 is 0 Å². The fraction of sp³-hybridized carbons (Fsp3) is 0.462. The molecule has 0 spiro atoms. The number of benzene rings is 1. The van der Waals surface area contributed by atoms with E-state index in [1.807, 2.05) is 0 Å². The summed E-state index contributed by atoms with van der Waals surface area (Å²) in [6.45, 7) is 3.77. The number of cyclic esters (lactones) is 1. The first-order valence-corrected chi connectivity index (χ1v) is 12.8. The second-order valence-corrected chi connectivity index (χ2v) is 10.2. The van der Waals surface area contributed by atoms with Crippen LogP contribution >= 0.6 is 11.3 Å². The quantitative estimate of drug-likeness (QED) is 0.213. The van der Waals surface area contributed by atoms with Gasteiger partial charge in [-0.15, -0.1) is 11.3 Å². The van der Waals surface area contributed by atoms with E-state index in [9.17, 15) is 36.6 Å². The molecule has 2 heterocycles. The van der Waals surface area contributed by atoms with Crippen LogP contribution in [-0.4, -0.2) is 53.5 Å². The van der Waals surface area contributed by atoms with Crippen molar-refractivity contribution < 1.29 is 46.1 Å². The Hall–Kier alpha value is -2.99. The Balaban J connectivity index is 1.63. The summed E-state index contributed by atoms with van der Waals surface area (Å²) in [5.41, 5.74) is -2.22. The standard InChI is InChI=1S/C26H28F5NO5S/c1-16(2)37-23(34)21-10-9-20(38-21)7-4-13-32-19(12-14-36-24(32)35)8-11-22(33)25(27,28)17-5-3-6-18(15-17)26(29,30)31/h3,5-6,8-11,15-16,19,22,33H,4,7,12-14H2,1-2H3/t19-,22+/m0/s1. The minimum Gasteiger partial charge on any atom is -0.459 e. The second kappa shape index (κ2) is 12.2. The van der Waals surface area contributed by atoms with Gasteiger partial charge in [-0.05, 0) is 51.0 Å². The summed E-state index contributed by atoms with van der Waals surface area (Å²) in [5.74, 6) is -4.41. The van der Waals surface area contributed by atoms with Crippen LogP contribution in [0.5, 0.6) is 0 Å². The number of aryl methyl sites for hydroxylation is 1. The number of aliphatic hydroxyl groups is 1. The molecule has 2 atom stereocenters. The summed E-state index contributed by atoms with van der Waals surface area (Å²) in [6.07, 6.45) is -4.76. The van der Waals surface area contributed by atoms with Gasteiger partial charge >= 0.3 is 24.2 Å². The number of aliphatic hydroxyl groups excluding tert-OH is 1. The molecule has 3 rings (SSSR count). The maximum atomic E-state index is 14.8. The van der Waals surface area contributed by atoms with Crippen LogP contribution in [0.3, 0.4) is 0 Å². The molecule has 1 aromatic carbocycles. The number of ether oxygens (including phenoxy) is 2. The third-order valence-corrected chi connectivity index (χ3v) is 6.89. The molecule has 1 N–H and O–H groups in total. The maximum Gasteiger partial charge on any atom is 0.416 e. The Kier molecular flexibility index (Phi) is 9.53. The van der Waals surface area contributed by atoms with Crippen LogP contribution in [0.15, 0.2) is 48.6 Å². The molecule has 1 aliphatic heterocycles. The minimum absolute atomic E-state index is 0.0523. The molecule has 0 radical (unpaired) electrons. The van der Waals surface area contributed by atoms with E-state index in [2.05, 4.69) is 0 Å². The van der Waals surface area contributed by atoms with Crippen LogP contribution in [0.2, 0.25) is 0 Å². The van der Waals surface area contributed by atoms with Gasteiger partial charge in [-0.25, -0.2) is 9.59 Å². The number of halogens is 5. The number of thiophene rings is 1. The van der Waals surface area contributed by atoms with E-state index in [1.54, 1.807) is 26.0 Å². The lowest BCUT2D eigenvalue weighted by Gasteiger charge is -2.33. The number of carbonyl (C=O) groups is 2. The third-order valence-electron chi connectivity index (χ3n) is 5.76. The summed E-state index contributed by atoms with van der Waals surface area (Å²) in [6, 6.07) is 5.45. The predicted molar refractivity (Wildman–Crippen MR) is 130 cm³/mol. The van der Waals surface area contributed by atoms with Crippen molar-refractivity contribution >= 4 is 23.4 Å². The molecule has 0 bridgehead atoms. The Bertz CT molecular complexity index is 1150. The van der Waals surface area contributed by atoms with Gasteiger partial charge in [0.2, 0.25) is 0 Å². The molecule has 0 unspecified atom stereocenters. The van der Waals surface area contributed by atoms with E-state index in [4.69, 9.17) is 9.47 Å². The molecule has 0 saturated carbocycles. The molecular weight excluding hydrogens is 533 g/mol. The van der Waals surface area contributed by atoms with E-state index in [0.717, 1.165) is 23.1 Å². The molecule has 1 aliphatic rings. The average Bonchev–Trinajstić information content (AvgIpc) is 3.32. The van der Waals surface area contributed by atoms with Crippen LogP contribution in [0.4, 0.5) is 26.7 Å².